The highest BCUT2D eigenvalue weighted by Crippen LogP contribution is 2.16. The molecular formula is C22H26N2. The highest BCUT2D eigenvalue weighted by molar-refractivity contribution is 5.81. The molecule has 0 aliphatic carbocycles. The number of unbranched alkanes of at least 4 members (excludes halogenated alkanes) is 1. The lowest BCUT2D eigenvalue weighted by Crippen LogP contribution is -1.98. The van der Waals surface area contributed by atoms with E-state index in [0.29, 0.717) is 0 Å². The van der Waals surface area contributed by atoms with Gasteiger partial charge in [0.05, 0.1) is 11.8 Å². The zero-order valence-electron chi connectivity index (χ0n) is 14.5. The van der Waals surface area contributed by atoms with E-state index in [-0.39, 0.29) is 5.92 Å². The fourth-order valence-electron chi connectivity index (χ4n) is 2.71. The van der Waals surface area contributed by atoms with Crippen molar-refractivity contribution in [2.24, 2.45) is 10.9 Å². The topological polar surface area (TPSA) is 36.1 Å². The van der Waals surface area contributed by atoms with Crippen molar-refractivity contribution in [3.63, 3.8) is 0 Å². The van der Waals surface area contributed by atoms with Gasteiger partial charge in [-0.3, -0.25) is 4.99 Å². The zero-order chi connectivity index (χ0) is 17.0. The first-order valence-corrected chi connectivity index (χ1v) is 8.89. The summed E-state index contributed by atoms with van der Waals surface area (Å²) in [7, 11) is 0. The second-order valence-corrected chi connectivity index (χ2v) is 6.20. The van der Waals surface area contributed by atoms with Crippen molar-refractivity contribution >= 4 is 11.9 Å². The van der Waals surface area contributed by atoms with E-state index in [9.17, 15) is 5.26 Å². The third kappa shape index (κ3) is 6.38. The van der Waals surface area contributed by atoms with Gasteiger partial charge in [0.2, 0.25) is 0 Å². The zero-order valence-corrected chi connectivity index (χ0v) is 14.5. The van der Waals surface area contributed by atoms with E-state index in [1.807, 2.05) is 36.5 Å². The molecule has 0 radical (unpaired) electrons. The number of nitrogens with zero attached hydrogens (tertiary/aromatic N) is 2. The SMILES string of the molecule is CCCCC(C#N)CCCc1ccc(C=Nc2ccccc2)cc1. The molecule has 0 saturated carbocycles. The van der Waals surface area contributed by atoms with Crippen molar-refractivity contribution < 1.29 is 0 Å². The van der Waals surface area contributed by atoms with Gasteiger partial charge in [-0.2, -0.15) is 5.26 Å². The third-order valence-corrected chi connectivity index (χ3v) is 4.21. The molecule has 0 heterocycles. The maximum atomic E-state index is 9.17. The standard InChI is InChI=1S/C22H26N2/c1-2-3-8-20(17-23)10-7-9-19-13-15-21(16-14-19)18-24-22-11-5-4-6-12-22/h4-6,11-16,18,20H,2-3,7-10H2,1H3. The number of nitriles is 1. The summed E-state index contributed by atoms with van der Waals surface area (Å²) >= 11 is 0. The number of aryl methyl sites for hydroxylation is 1. The van der Waals surface area contributed by atoms with Gasteiger partial charge in [0.15, 0.2) is 0 Å². The molecule has 2 rings (SSSR count). The Morgan fingerprint density at radius 3 is 2.38 bits per heavy atom. The molecule has 0 aromatic heterocycles. The van der Waals surface area contributed by atoms with Gasteiger partial charge >= 0.3 is 0 Å². The Morgan fingerprint density at radius 1 is 1.00 bits per heavy atom. The first-order valence-electron chi connectivity index (χ1n) is 8.89. The van der Waals surface area contributed by atoms with Crippen LogP contribution in [0.15, 0.2) is 59.6 Å². The van der Waals surface area contributed by atoms with Crippen LogP contribution in [-0.4, -0.2) is 6.21 Å². The average molecular weight is 318 g/mol. The quantitative estimate of drug-likeness (QED) is 0.515. The maximum Gasteiger partial charge on any atom is 0.0655 e. The average Bonchev–Trinajstić information content (AvgIpc) is 2.64. The largest absolute Gasteiger partial charge is 0.256 e. The predicted molar refractivity (Wildman–Crippen MR) is 102 cm³/mol. The number of rotatable bonds is 9. The number of benzene rings is 2. The van der Waals surface area contributed by atoms with E-state index in [1.165, 1.54) is 12.0 Å². The fourth-order valence-corrected chi connectivity index (χ4v) is 2.71. The van der Waals surface area contributed by atoms with Crippen molar-refractivity contribution in [2.45, 2.75) is 45.4 Å². The summed E-state index contributed by atoms with van der Waals surface area (Å²) in [5, 5.41) is 9.17. The molecule has 2 heteroatoms. The Bertz CT molecular complexity index is 651. The van der Waals surface area contributed by atoms with E-state index in [2.05, 4.69) is 42.3 Å². The normalized spacial score (nSPS) is 12.2. The molecule has 0 aliphatic heterocycles. The second-order valence-electron chi connectivity index (χ2n) is 6.20. The Kier molecular flexibility index (Phi) is 7.77. The summed E-state index contributed by atoms with van der Waals surface area (Å²) in [6, 6.07) is 21.0. The third-order valence-electron chi connectivity index (χ3n) is 4.21. The van der Waals surface area contributed by atoms with E-state index in [4.69, 9.17) is 0 Å². The molecule has 0 amide bonds. The molecule has 0 spiro atoms. The van der Waals surface area contributed by atoms with E-state index in [0.717, 1.165) is 43.4 Å². The second kappa shape index (κ2) is 10.4. The summed E-state index contributed by atoms with van der Waals surface area (Å²) < 4.78 is 0. The van der Waals surface area contributed by atoms with Gasteiger partial charge in [-0.1, -0.05) is 62.2 Å². The van der Waals surface area contributed by atoms with Crippen molar-refractivity contribution in [3.8, 4) is 6.07 Å². The number of aliphatic imine (C=N–C) groups is 1. The van der Waals surface area contributed by atoms with Crippen LogP contribution in [0, 0.1) is 17.2 Å². The van der Waals surface area contributed by atoms with Gasteiger partial charge in [-0.25, -0.2) is 0 Å². The summed E-state index contributed by atoms with van der Waals surface area (Å²) in [5.74, 6) is 0.224. The van der Waals surface area contributed by atoms with Crippen molar-refractivity contribution in [2.75, 3.05) is 0 Å². The number of hydrogen-bond donors (Lipinski definition) is 0. The van der Waals surface area contributed by atoms with Crippen LogP contribution in [0.3, 0.4) is 0 Å². The van der Waals surface area contributed by atoms with Gasteiger partial charge in [-0.15, -0.1) is 0 Å². The van der Waals surface area contributed by atoms with Gasteiger partial charge in [0.1, 0.15) is 0 Å². The van der Waals surface area contributed by atoms with E-state index < -0.39 is 0 Å². The maximum absolute atomic E-state index is 9.17. The number of para-hydroxylation sites is 1. The summed E-state index contributed by atoms with van der Waals surface area (Å²) in [4.78, 5) is 4.47. The lowest BCUT2D eigenvalue weighted by molar-refractivity contribution is 0.510. The highest BCUT2D eigenvalue weighted by Gasteiger charge is 2.06. The molecule has 2 aromatic carbocycles. The van der Waals surface area contributed by atoms with E-state index >= 15 is 0 Å². The minimum atomic E-state index is 0.224. The van der Waals surface area contributed by atoms with Gasteiger partial charge in [0, 0.05) is 12.1 Å². The molecule has 0 N–H and O–H groups in total. The number of hydrogen-bond acceptors (Lipinski definition) is 2. The first kappa shape index (κ1) is 17.9. The molecule has 124 valence electrons. The van der Waals surface area contributed by atoms with E-state index in [1.54, 1.807) is 0 Å². The Labute approximate surface area is 145 Å². The minimum Gasteiger partial charge on any atom is -0.256 e. The van der Waals surface area contributed by atoms with Crippen molar-refractivity contribution in [3.05, 3.63) is 65.7 Å². The van der Waals surface area contributed by atoms with Gasteiger partial charge in [-0.05, 0) is 48.9 Å². The molecule has 24 heavy (non-hydrogen) atoms. The molecular weight excluding hydrogens is 292 g/mol. The Hall–Kier alpha value is -2.40. The molecule has 0 aliphatic rings. The first-order chi connectivity index (χ1) is 11.8. The van der Waals surface area contributed by atoms with Crippen LogP contribution in [0.25, 0.3) is 0 Å². The van der Waals surface area contributed by atoms with Crippen molar-refractivity contribution in [1.29, 1.82) is 5.26 Å². The fraction of sp³-hybridized carbons (Fsp3) is 0.364. The van der Waals surface area contributed by atoms with Crippen LogP contribution >= 0.6 is 0 Å². The molecule has 0 bridgehead atoms. The van der Waals surface area contributed by atoms with Crippen LogP contribution in [0.4, 0.5) is 5.69 Å². The smallest absolute Gasteiger partial charge is 0.0655 e. The minimum absolute atomic E-state index is 0.224. The summed E-state index contributed by atoms with van der Waals surface area (Å²) in [6.07, 6.45) is 8.41. The molecule has 0 fully saturated rings. The Morgan fingerprint density at radius 2 is 1.71 bits per heavy atom. The molecule has 0 saturated heterocycles. The van der Waals surface area contributed by atoms with Crippen LogP contribution in [0.5, 0.6) is 0 Å². The van der Waals surface area contributed by atoms with Crippen LogP contribution in [-0.2, 0) is 6.42 Å². The van der Waals surface area contributed by atoms with Gasteiger partial charge < -0.3 is 0 Å². The Balaban J connectivity index is 1.80. The highest BCUT2D eigenvalue weighted by atomic mass is 14.7. The van der Waals surface area contributed by atoms with Gasteiger partial charge in [0.25, 0.3) is 0 Å². The molecule has 1 atom stereocenters. The lowest BCUT2D eigenvalue weighted by Gasteiger charge is -2.08. The van der Waals surface area contributed by atoms with Crippen molar-refractivity contribution in [1.82, 2.24) is 0 Å². The predicted octanol–water partition coefficient (Wildman–Crippen LogP) is 6.09. The van der Waals surface area contributed by atoms with Crippen LogP contribution in [0.2, 0.25) is 0 Å². The monoisotopic (exact) mass is 318 g/mol. The lowest BCUT2D eigenvalue weighted by atomic mass is 9.96. The summed E-state index contributed by atoms with van der Waals surface area (Å²) in [5.41, 5.74) is 3.41. The van der Waals surface area contributed by atoms with Crippen LogP contribution < -0.4 is 0 Å². The molecule has 2 aromatic rings. The molecule has 1 unspecified atom stereocenters. The van der Waals surface area contributed by atoms with Crippen LogP contribution in [0.1, 0.15) is 50.2 Å². The molecule has 2 nitrogen and oxygen atoms in total. The summed E-state index contributed by atoms with van der Waals surface area (Å²) in [6.45, 7) is 2.18.